The lowest BCUT2D eigenvalue weighted by molar-refractivity contribution is 0.0728. The van der Waals surface area contributed by atoms with E-state index in [0.717, 1.165) is 26.5 Å². The molecular weight excluding hydrogens is 460 g/mol. The number of rotatable bonds is 4. The van der Waals surface area contributed by atoms with Crippen LogP contribution in [0.25, 0.3) is 10.8 Å². The van der Waals surface area contributed by atoms with Gasteiger partial charge in [0, 0.05) is 30.0 Å². The summed E-state index contributed by atoms with van der Waals surface area (Å²) in [5, 5.41) is 18.9. The third-order valence-electron chi connectivity index (χ3n) is 5.64. The van der Waals surface area contributed by atoms with Crippen LogP contribution in [0.3, 0.4) is 0 Å². The Labute approximate surface area is 189 Å². The van der Waals surface area contributed by atoms with Crippen molar-refractivity contribution in [3.05, 3.63) is 63.4 Å². The molecule has 0 aliphatic carbocycles. The van der Waals surface area contributed by atoms with Crippen molar-refractivity contribution in [3.63, 3.8) is 0 Å². The molecule has 0 atom stereocenters. The first-order chi connectivity index (χ1) is 14.7. The number of amides is 2. The fraction of sp³-hybridized carbons (Fsp3) is 0.348. The topological polar surface area (TPSA) is 87.5 Å². The Balaban J connectivity index is 1.64. The molecule has 1 aromatic heterocycles. The van der Waals surface area contributed by atoms with Crippen LogP contribution in [-0.4, -0.2) is 50.3 Å². The van der Waals surface area contributed by atoms with E-state index in [1.54, 1.807) is 30.5 Å². The third kappa shape index (κ3) is 3.97. The molecule has 0 unspecified atom stereocenters. The van der Waals surface area contributed by atoms with Crippen molar-refractivity contribution in [3.8, 4) is 0 Å². The van der Waals surface area contributed by atoms with Crippen LogP contribution in [0, 0.1) is 0 Å². The Hall–Kier alpha value is -2.71. The van der Waals surface area contributed by atoms with Gasteiger partial charge in [-0.3, -0.25) is 14.3 Å². The van der Waals surface area contributed by atoms with Crippen molar-refractivity contribution in [2.24, 2.45) is 7.05 Å². The van der Waals surface area contributed by atoms with Crippen LogP contribution in [0.4, 0.5) is 0 Å². The molecule has 0 radical (unpaired) electrons. The number of aryl methyl sites for hydroxylation is 1. The Kier molecular flexibility index (Phi) is 5.61. The van der Waals surface area contributed by atoms with Crippen molar-refractivity contribution in [1.82, 2.24) is 20.0 Å². The van der Waals surface area contributed by atoms with Crippen LogP contribution in [-0.2, 0) is 20.0 Å². The molecule has 31 heavy (non-hydrogen) atoms. The number of benzene rings is 2. The second kappa shape index (κ2) is 8.09. The van der Waals surface area contributed by atoms with Gasteiger partial charge < -0.3 is 15.3 Å². The highest BCUT2D eigenvalue weighted by molar-refractivity contribution is 9.10. The van der Waals surface area contributed by atoms with Crippen LogP contribution in [0.1, 0.15) is 46.0 Å². The van der Waals surface area contributed by atoms with Gasteiger partial charge in [-0.05, 0) is 46.6 Å². The van der Waals surface area contributed by atoms with Crippen molar-refractivity contribution < 1.29 is 14.7 Å². The maximum Gasteiger partial charge on any atom is 0.270 e. The van der Waals surface area contributed by atoms with Gasteiger partial charge in [-0.25, -0.2) is 0 Å². The van der Waals surface area contributed by atoms with E-state index in [0.29, 0.717) is 30.8 Å². The average molecular weight is 485 g/mol. The number of aliphatic hydroxyl groups is 1. The first kappa shape index (κ1) is 21.5. The van der Waals surface area contributed by atoms with E-state index in [9.17, 15) is 14.7 Å². The van der Waals surface area contributed by atoms with E-state index in [1.165, 1.54) is 0 Å². The van der Waals surface area contributed by atoms with Gasteiger partial charge in [0.2, 0.25) is 0 Å². The Morgan fingerprint density at radius 1 is 1.23 bits per heavy atom. The molecule has 1 aliphatic heterocycles. The predicted octanol–water partition coefficient (Wildman–Crippen LogP) is 3.04. The highest BCUT2D eigenvalue weighted by atomic mass is 79.9. The fourth-order valence-electron chi connectivity index (χ4n) is 3.93. The van der Waals surface area contributed by atoms with Gasteiger partial charge in [-0.15, -0.1) is 0 Å². The number of nitrogens with zero attached hydrogens (tertiary/aromatic N) is 3. The van der Waals surface area contributed by atoms with Crippen LogP contribution in [0.2, 0.25) is 0 Å². The van der Waals surface area contributed by atoms with Crippen molar-refractivity contribution >= 4 is 38.5 Å². The van der Waals surface area contributed by atoms with E-state index in [2.05, 4.69) is 26.3 Å². The number of aromatic nitrogens is 2. The zero-order valence-electron chi connectivity index (χ0n) is 17.8. The second-order valence-corrected chi connectivity index (χ2v) is 9.31. The molecule has 0 saturated carbocycles. The van der Waals surface area contributed by atoms with E-state index >= 15 is 0 Å². The molecule has 4 rings (SSSR count). The van der Waals surface area contributed by atoms with Gasteiger partial charge in [-0.1, -0.05) is 30.3 Å². The zero-order valence-corrected chi connectivity index (χ0v) is 19.4. The fourth-order valence-corrected chi connectivity index (χ4v) is 4.60. The monoisotopic (exact) mass is 484 g/mol. The molecule has 0 bridgehead atoms. The maximum atomic E-state index is 13.4. The Morgan fingerprint density at radius 2 is 1.97 bits per heavy atom. The second-order valence-electron chi connectivity index (χ2n) is 8.52. The predicted molar refractivity (Wildman–Crippen MR) is 122 cm³/mol. The van der Waals surface area contributed by atoms with Gasteiger partial charge in [0.25, 0.3) is 11.8 Å². The Morgan fingerprint density at radius 3 is 2.71 bits per heavy atom. The van der Waals surface area contributed by atoms with Crippen LogP contribution >= 0.6 is 15.9 Å². The van der Waals surface area contributed by atoms with Crippen molar-refractivity contribution in [2.45, 2.75) is 32.4 Å². The number of carbonyl (C=O) groups excluding carboxylic acids is 2. The molecule has 1 aliphatic rings. The van der Waals surface area contributed by atoms with Gasteiger partial charge in [0.1, 0.15) is 5.69 Å². The summed E-state index contributed by atoms with van der Waals surface area (Å²) in [6.07, 6.45) is 0.580. The lowest BCUT2D eigenvalue weighted by atomic mass is 10.0. The van der Waals surface area contributed by atoms with Gasteiger partial charge in [0.05, 0.1) is 29.9 Å². The minimum Gasteiger partial charge on any atom is -0.394 e. The standard InChI is InChI=1S/C23H25BrN4O3/c1-23(2,13-29)25-21(30)20-17-12-28(11-10-18(17)26-27(20)3)22(31)16-9-8-14-6-4-5-7-15(14)19(16)24/h4-9,29H,10-13H2,1-3H3,(H,25,30). The van der Waals surface area contributed by atoms with Crippen LogP contribution in [0.15, 0.2) is 40.9 Å². The highest BCUT2D eigenvalue weighted by Crippen LogP contribution is 2.30. The zero-order chi connectivity index (χ0) is 22.3. The summed E-state index contributed by atoms with van der Waals surface area (Å²) in [5.74, 6) is -0.398. The first-order valence-corrected chi connectivity index (χ1v) is 11.0. The third-order valence-corrected chi connectivity index (χ3v) is 6.49. The van der Waals surface area contributed by atoms with Crippen LogP contribution < -0.4 is 5.32 Å². The number of hydrogen-bond acceptors (Lipinski definition) is 4. The lowest BCUT2D eigenvalue weighted by Gasteiger charge is -2.28. The molecule has 2 heterocycles. The molecule has 2 aromatic carbocycles. The summed E-state index contributed by atoms with van der Waals surface area (Å²) in [7, 11) is 1.73. The van der Waals surface area contributed by atoms with E-state index < -0.39 is 5.54 Å². The van der Waals surface area contributed by atoms with E-state index in [1.807, 2.05) is 36.4 Å². The average Bonchev–Trinajstić information content (AvgIpc) is 3.08. The molecule has 0 fully saturated rings. The highest BCUT2D eigenvalue weighted by Gasteiger charge is 2.32. The molecule has 2 N–H and O–H groups in total. The molecule has 0 spiro atoms. The first-order valence-electron chi connectivity index (χ1n) is 10.2. The largest absolute Gasteiger partial charge is 0.394 e. The van der Waals surface area contributed by atoms with Crippen LogP contribution in [0.5, 0.6) is 0 Å². The quantitative estimate of drug-likeness (QED) is 0.595. The molecule has 7 nitrogen and oxygen atoms in total. The van der Waals surface area contributed by atoms with Crippen molar-refractivity contribution in [2.75, 3.05) is 13.2 Å². The molecule has 162 valence electrons. The van der Waals surface area contributed by atoms with Crippen molar-refractivity contribution in [1.29, 1.82) is 0 Å². The minimum atomic E-state index is -0.756. The minimum absolute atomic E-state index is 0.0887. The maximum absolute atomic E-state index is 13.4. The normalized spacial score (nSPS) is 13.9. The molecule has 0 saturated heterocycles. The number of fused-ring (bicyclic) bond motifs is 2. The lowest BCUT2D eigenvalue weighted by Crippen LogP contribution is -2.47. The van der Waals surface area contributed by atoms with Gasteiger partial charge in [0.15, 0.2) is 0 Å². The summed E-state index contributed by atoms with van der Waals surface area (Å²) < 4.78 is 2.34. The summed E-state index contributed by atoms with van der Waals surface area (Å²) >= 11 is 3.61. The summed E-state index contributed by atoms with van der Waals surface area (Å²) in [6.45, 7) is 4.16. The Bertz CT molecular complexity index is 1190. The smallest absolute Gasteiger partial charge is 0.270 e. The summed E-state index contributed by atoms with van der Waals surface area (Å²) in [4.78, 5) is 28.1. The number of halogens is 1. The summed E-state index contributed by atoms with van der Waals surface area (Å²) in [6, 6.07) is 11.7. The molecule has 3 aromatic rings. The van der Waals surface area contributed by atoms with E-state index in [4.69, 9.17) is 0 Å². The van der Waals surface area contributed by atoms with Gasteiger partial charge in [-0.2, -0.15) is 5.10 Å². The summed E-state index contributed by atoms with van der Waals surface area (Å²) in [5.41, 5.74) is 1.85. The molecule has 2 amide bonds. The molecular formula is C23H25BrN4O3. The van der Waals surface area contributed by atoms with Gasteiger partial charge >= 0.3 is 0 Å². The SMILES string of the molecule is Cn1nc2c(c1C(=O)NC(C)(C)CO)CN(C(=O)c1ccc3ccccc3c1Br)CC2. The molecule has 8 heteroatoms. The number of hydrogen-bond donors (Lipinski definition) is 2. The number of aliphatic hydroxyl groups excluding tert-OH is 1. The van der Waals surface area contributed by atoms with E-state index in [-0.39, 0.29) is 18.4 Å². The number of carbonyl (C=O) groups is 2. The number of nitrogens with one attached hydrogen (secondary N) is 1.